The predicted octanol–water partition coefficient (Wildman–Crippen LogP) is 1.39. The molecule has 18 heavy (non-hydrogen) atoms. The van der Waals surface area contributed by atoms with Crippen molar-refractivity contribution in [1.29, 1.82) is 0 Å². The van der Waals surface area contributed by atoms with Gasteiger partial charge in [-0.15, -0.1) is 22.6 Å². The summed E-state index contributed by atoms with van der Waals surface area (Å²) in [5.74, 6) is 0.155. The minimum Gasteiger partial charge on any atom is -0.380 e. The third-order valence-corrected chi connectivity index (χ3v) is 3.33. The Bertz CT molecular complexity index is 369. The quantitative estimate of drug-likeness (QED) is 0.827. The van der Waals surface area contributed by atoms with Crippen LogP contribution in [0.1, 0.15) is 31.2 Å². The SMILES string of the molecule is COC(CN)CC(=O)Nc1nnc(C(C)C)s1.Cl. The van der Waals surface area contributed by atoms with Gasteiger partial charge in [0.25, 0.3) is 0 Å². The monoisotopic (exact) mass is 294 g/mol. The van der Waals surface area contributed by atoms with Crippen molar-refractivity contribution in [3.63, 3.8) is 0 Å². The van der Waals surface area contributed by atoms with Crippen LogP contribution in [0.25, 0.3) is 0 Å². The molecule has 1 aromatic heterocycles. The number of nitrogens with two attached hydrogens (primary N) is 1. The molecule has 1 rings (SSSR count). The van der Waals surface area contributed by atoms with Crippen LogP contribution in [0.3, 0.4) is 0 Å². The highest BCUT2D eigenvalue weighted by Gasteiger charge is 2.14. The normalized spacial score (nSPS) is 12.1. The summed E-state index contributed by atoms with van der Waals surface area (Å²) in [5, 5.41) is 12.0. The topological polar surface area (TPSA) is 90.1 Å². The number of ether oxygens (including phenoxy) is 1. The number of methoxy groups -OCH3 is 1. The molecule has 8 heteroatoms. The highest BCUT2D eigenvalue weighted by atomic mass is 35.5. The molecule has 0 aliphatic heterocycles. The first kappa shape index (κ1) is 17.2. The van der Waals surface area contributed by atoms with Crippen LogP contribution in [0.2, 0.25) is 0 Å². The summed E-state index contributed by atoms with van der Waals surface area (Å²) < 4.78 is 5.03. The molecule has 0 aromatic carbocycles. The molecule has 1 aromatic rings. The fourth-order valence-corrected chi connectivity index (χ4v) is 1.92. The largest absolute Gasteiger partial charge is 0.380 e. The second kappa shape index (κ2) is 8.36. The number of carbonyl (C=O) groups excluding carboxylic acids is 1. The van der Waals surface area contributed by atoms with Gasteiger partial charge < -0.3 is 15.8 Å². The van der Waals surface area contributed by atoms with Crippen molar-refractivity contribution < 1.29 is 9.53 Å². The third-order valence-electron chi connectivity index (χ3n) is 2.19. The molecule has 0 fully saturated rings. The van der Waals surface area contributed by atoms with Crippen molar-refractivity contribution >= 4 is 34.8 Å². The second-order valence-electron chi connectivity index (χ2n) is 3.95. The van der Waals surface area contributed by atoms with E-state index in [0.717, 1.165) is 5.01 Å². The number of hydrogen-bond donors (Lipinski definition) is 2. The fraction of sp³-hybridized carbons (Fsp3) is 0.700. The summed E-state index contributed by atoms with van der Waals surface area (Å²) in [4.78, 5) is 11.6. The minimum absolute atomic E-state index is 0. The Morgan fingerprint density at radius 1 is 1.50 bits per heavy atom. The lowest BCUT2D eigenvalue weighted by Gasteiger charge is -2.11. The van der Waals surface area contributed by atoms with Gasteiger partial charge >= 0.3 is 0 Å². The maximum atomic E-state index is 11.6. The fourth-order valence-electron chi connectivity index (χ4n) is 1.16. The number of halogens is 1. The van der Waals surface area contributed by atoms with Crippen LogP contribution in [-0.2, 0) is 9.53 Å². The average Bonchev–Trinajstić information content (AvgIpc) is 2.74. The van der Waals surface area contributed by atoms with Gasteiger partial charge in [-0.05, 0) is 0 Å². The number of carbonyl (C=O) groups is 1. The molecule has 0 saturated carbocycles. The van der Waals surface area contributed by atoms with E-state index in [9.17, 15) is 4.79 Å². The van der Waals surface area contributed by atoms with Crippen molar-refractivity contribution in [2.45, 2.75) is 32.3 Å². The molecule has 1 unspecified atom stereocenters. The molecule has 1 atom stereocenters. The highest BCUT2D eigenvalue weighted by molar-refractivity contribution is 7.15. The summed E-state index contributed by atoms with van der Waals surface area (Å²) in [6.45, 7) is 4.38. The highest BCUT2D eigenvalue weighted by Crippen LogP contribution is 2.22. The summed E-state index contributed by atoms with van der Waals surface area (Å²) in [6.07, 6.45) is -0.0312. The van der Waals surface area contributed by atoms with Crippen LogP contribution in [0, 0.1) is 0 Å². The van der Waals surface area contributed by atoms with Crippen LogP contribution in [0.15, 0.2) is 0 Å². The molecular formula is C10H19ClN4O2S. The molecule has 0 radical (unpaired) electrons. The van der Waals surface area contributed by atoms with Gasteiger partial charge in [0, 0.05) is 19.6 Å². The van der Waals surface area contributed by atoms with Crippen molar-refractivity contribution in [1.82, 2.24) is 10.2 Å². The zero-order valence-corrected chi connectivity index (χ0v) is 12.3. The Kier molecular flexibility index (Phi) is 8.01. The summed E-state index contributed by atoms with van der Waals surface area (Å²) in [6, 6.07) is 0. The molecule has 0 aliphatic rings. The lowest BCUT2D eigenvalue weighted by atomic mass is 10.2. The Morgan fingerprint density at radius 2 is 2.17 bits per heavy atom. The van der Waals surface area contributed by atoms with Crippen LogP contribution >= 0.6 is 23.7 Å². The standard InChI is InChI=1S/C10H18N4O2S.ClH/c1-6(2)9-13-14-10(17-9)12-8(15)4-7(5-11)16-3;/h6-7H,4-5,11H2,1-3H3,(H,12,14,15);1H. The van der Waals surface area contributed by atoms with Gasteiger partial charge in [-0.1, -0.05) is 25.2 Å². The Labute approximate surface area is 117 Å². The van der Waals surface area contributed by atoms with Crippen LogP contribution in [0.4, 0.5) is 5.13 Å². The van der Waals surface area contributed by atoms with Crippen molar-refractivity contribution in [3.8, 4) is 0 Å². The third kappa shape index (κ3) is 5.26. The Hall–Kier alpha value is -0.760. The van der Waals surface area contributed by atoms with Gasteiger partial charge in [-0.25, -0.2) is 0 Å². The lowest BCUT2D eigenvalue weighted by molar-refractivity contribution is -0.118. The zero-order valence-electron chi connectivity index (χ0n) is 10.7. The molecule has 1 amide bonds. The summed E-state index contributed by atoms with van der Waals surface area (Å²) >= 11 is 1.39. The zero-order chi connectivity index (χ0) is 12.8. The van der Waals surface area contributed by atoms with E-state index < -0.39 is 0 Å². The summed E-state index contributed by atoms with van der Waals surface area (Å²) in [7, 11) is 1.53. The summed E-state index contributed by atoms with van der Waals surface area (Å²) in [5.41, 5.74) is 5.44. The minimum atomic E-state index is -0.257. The van der Waals surface area contributed by atoms with Crippen LogP contribution < -0.4 is 11.1 Å². The molecule has 0 spiro atoms. The second-order valence-corrected chi connectivity index (χ2v) is 4.95. The molecule has 0 saturated heterocycles. The van der Waals surface area contributed by atoms with E-state index in [2.05, 4.69) is 15.5 Å². The first-order valence-electron chi connectivity index (χ1n) is 5.43. The van der Waals surface area contributed by atoms with E-state index in [1.54, 1.807) is 0 Å². The smallest absolute Gasteiger partial charge is 0.228 e. The van der Waals surface area contributed by atoms with E-state index >= 15 is 0 Å². The van der Waals surface area contributed by atoms with Gasteiger partial charge in [0.2, 0.25) is 11.0 Å². The number of anilines is 1. The van der Waals surface area contributed by atoms with Crippen molar-refractivity contribution in [2.75, 3.05) is 19.0 Å². The van der Waals surface area contributed by atoms with Crippen molar-refractivity contribution in [3.05, 3.63) is 5.01 Å². The molecule has 3 N–H and O–H groups in total. The Morgan fingerprint density at radius 3 is 2.61 bits per heavy atom. The lowest BCUT2D eigenvalue weighted by Crippen LogP contribution is -2.28. The number of nitrogens with one attached hydrogen (secondary N) is 1. The number of hydrogen-bond acceptors (Lipinski definition) is 6. The predicted molar refractivity (Wildman–Crippen MR) is 74.3 cm³/mol. The van der Waals surface area contributed by atoms with Crippen LogP contribution in [-0.4, -0.2) is 35.9 Å². The average molecular weight is 295 g/mol. The number of aromatic nitrogens is 2. The van der Waals surface area contributed by atoms with Gasteiger partial charge in [-0.2, -0.15) is 0 Å². The van der Waals surface area contributed by atoms with Gasteiger partial charge in [0.15, 0.2) is 0 Å². The molecule has 0 aliphatic carbocycles. The van der Waals surface area contributed by atoms with E-state index in [1.165, 1.54) is 18.4 Å². The Balaban J connectivity index is 0.00000289. The van der Waals surface area contributed by atoms with Gasteiger partial charge in [0.05, 0.1) is 12.5 Å². The van der Waals surface area contributed by atoms with E-state index in [-0.39, 0.29) is 30.8 Å². The molecular weight excluding hydrogens is 276 g/mol. The van der Waals surface area contributed by atoms with Gasteiger partial charge in [-0.3, -0.25) is 4.79 Å². The number of rotatable bonds is 6. The first-order chi connectivity index (χ1) is 8.06. The van der Waals surface area contributed by atoms with Gasteiger partial charge in [0.1, 0.15) is 5.01 Å². The first-order valence-corrected chi connectivity index (χ1v) is 6.24. The van der Waals surface area contributed by atoms with E-state index in [4.69, 9.17) is 10.5 Å². The molecule has 104 valence electrons. The van der Waals surface area contributed by atoms with Crippen LogP contribution in [0.5, 0.6) is 0 Å². The molecule has 1 heterocycles. The number of amides is 1. The molecule has 6 nitrogen and oxygen atoms in total. The molecule has 0 bridgehead atoms. The maximum absolute atomic E-state index is 11.6. The van der Waals surface area contributed by atoms with Crippen molar-refractivity contribution in [2.24, 2.45) is 5.73 Å². The number of nitrogens with zero attached hydrogens (tertiary/aromatic N) is 2. The van der Waals surface area contributed by atoms with E-state index in [0.29, 0.717) is 17.6 Å². The maximum Gasteiger partial charge on any atom is 0.228 e. The van der Waals surface area contributed by atoms with E-state index in [1.807, 2.05) is 13.8 Å².